The minimum atomic E-state index is 0.393. The first kappa shape index (κ1) is 14.9. The first-order valence-corrected chi connectivity index (χ1v) is 8.38. The molecule has 0 amide bonds. The maximum absolute atomic E-state index is 5.71. The molecule has 0 saturated heterocycles. The van der Waals surface area contributed by atoms with Gasteiger partial charge in [-0.15, -0.1) is 21.5 Å². The Hall–Kier alpha value is -2.64. The smallest absolute Gasteiger partial charge is 0.283 e. The molecule has 4 aromatic rings. The lowest BCUT2D eigenvalue weighted by atomic mass is 10.3. The molecule has 0 unspecified atom stereocenters. The van der Waals surface area contributed by atoms with Crippen molar-refractivity contribution < 1.29 is 13.3 Å². The minimum Gasteiger partial charge on any atom is -0.468 e. The summed E-state index contributed by atoms with van der Waals surface area (Å²) < 4.78 is 16.5. The van der Waals surface area contributed by atoms with Crippen LogP contribution < -0.4 is 0 Å². The van der Waals surface area contributed by atoms with E-state index in [9.17, 15) is 0 Å². The van der Waals surface area contributed by atoms with E-state index in [-0.39, 0.29) is 0 Å². The Morgan fingerprint density at radius 1 is 0.917 bits per heavy atom. The average molecular weight is 341 g/mol. The van der Waals surface area contributed by atoms with Crippen LogP contribution in [0.5, 0.6) is 0 Å². The van der Waals surface area contributed by atoms with Gasteiger partial charge in [-0.05, 0) is 35.7 Å². The fourth-order valence-corrected chi connectivity index (χ4v) is 3.17. The summed E-state index contributed by atoms with van der Waals surface area (Å²) in [6, 6.07) is 11.6. The van der Waals surface area contributed by atoms with Crippen LogP contribution in [0.2, 0.25) is 0 Å². The third-order valence-corrected chi connectivity index (χ3v) is 4.34. The molecule has 0 atom stereocenters. The molecule has 0 aliphatic rings. The zero-order valence-corrected chi connectivity index (χ0v) is 13.6. The maximum atomic E-state index is 5.71. The molecule has 0 aliphatic carbocycles. The number of hydrogen-bond donors (Lipinski definition) is 0. The van der Waals surface area contributed by atoms with Gasteiger partial charge in [0.15, 0.2) is 5.76 Å². The van der Waals surface area contributed by atoms with E-state index in [1.807, 2.05) is 18.2 Å². The van der Waals surface area contributed by atoms with E-state index < -0.39 is 0 Å². The molecular weight excluding hydrogens is 326 g/mol. The number of thiophene rings is 1. The number of aromatic nitrogens is 2. The molecule has 0 saturated carbocycles. The number of hydrogen-bond acceptors (Lipinski definition) is 7. The van der Waals surface area contributed by atoms with Crippen LogP contribution in [0.15, 0.2) is 67.6 Å². The van der Waals surface area contributed by atoms with Crippen molar-refractivity contribution >= 4 is 11.3 Å². The quantitative estimate of drug-likeness (QED) is 0.502. The van der Waals surface area contributed by atoms with Gasteiger partial charge in [0.1, 0.15) is 5.76 Å². The van der Waals surface area contributed by atoms with Gasteiger partial charge in [0.05, 0.1) is 25.6 Å². The van der Waals surface area contributed by atoms with Crippen molar-refractivity contribution in [2.24, 2.45) is 0 Å². The molecule has 6 nitrogen and oxygen atoms in total. The van der Waals surface area contributed by atoms with Gasteiger partial charge in [0.25, 0.3) is 5.89 Å². The van der Waals surface area contributed by atoms with Gasteiger partial charge in [-0.3, -0.25) is 4.90 Å². The van der Waals surface area contributed by atoms with Crippen LogP contribution in [-0.4, -0.2) is 15.1 Å². The maximum Gasteiger partial charge on any atom is 0.283 e. The van der Waals surface area contributed by atoms with Gasteiger partial charge in [0.2, 0.25) is 5.89 Å². The van der Waals surface area contributed by atoms with E-state index >= 15 is 0 Å². The Morgan fingerprint density at radius 3 is 2.58 bits per heavy atom. The Labute approximate surface area is 142 Å². The van der Waals surface area contributed by atoms with Crippen LogP contribution in [0.4, 0.5) is 0 Å². The van der Waals surface area contributed by atoms with Gasteiger partial charge in [-0.25, -0.2) is 0 Å². The summed E-state index contributed by atoms with van der Waals surface area (Å²) in [6.45, 7) is 1.99. The summed E-state index contributed by atoms with van der Waals surface area (Å²) in [5.41, 5.74) is 0. The highest BCUT2D eigenvalue weighted by molar-refractivity contribution is 7.09. The van der Waals surface area contributed by atoms with Crippen LogP contribution in [-0.2, 0) is 19.6 Å². The first-order chi connectivity index (χ1) is 11.9. The van der Waals surface area contributed by atoms with E-state index in [0.717, 1.165) is 12.3 Å². The molecule has 0 N–H and O–H groups in total. The molecule has 0 radical (unpaired) electrons. The van der Waals surface area contributed by atoms with E-state index in [1.165, 1.54) is 4.88 Å². The zero-order chi connectivity index (χ0) is 16.2. The van der Waals surface area contributed by atoms with Crippen molar-refractivity contribution in [1.82, 2.24) is 15.1 Å². The van der Waals surface area contributed by atoms with Crippen LogP contribution in [0.1, 0.15) is 16.5 Å². The van der Waals surface area contributed by atoms with Gasteiger partial charge in [0, 0.05) is 11.4 Å². The predicted octanol–water partition coefficient (Wildman–Crippen LogP) is 4.19. The largest absolute Gasteiger partial charge is 0.468 e. The molecule has 0 spiro atoms. The lowest BCUT2D eigenvalue weighted by Crippen LogP contribution is -2.21. The van der Waals surface area contributed by atoms with E-state index in [4.69, 9.17) is 13.3 Å². The summed E-state index contributed by atoms with van der Waals surface area (Å²) in [5.74, 6) is 2.41. The molecule has 0 aromatic carbocycles. The molecule has 4 heterocycles. The second kappa shape index (κ2) is 6.86. The lowest BCUT2D eigenvalue weighted by Gasteiger charge is -2.18. The highest BCUT2D eigenvalue weighted by atomic mass is 32.1. The highest BCUT2D eigenvalue weighted by Crippen LogP contribution is 2.21. The standard InChI is InChI=1S/C17H15N3O3S/c1-4-13(21-7-1)10-20(11-14-5-3-9-24-14)12-16-18-19-17(23-16)15-6-2-8-22-15/h1-9H,10-12H2. The van der Waals surface area contributed by atoms with Crippen LogP contribution in [0.3, 0.4) is 0 Å². The zero-order valence-electron chi connectivity index (χ0n) is 12.8. The fourth-order valence-electron chi connectivity index (χ4n) is 2.42. The van der Waals surface area contributed by atoms with Crippen LogP contribution >= 0.6 is 11.3 Å². The molecule has 24 heavy (non-hydrogen) atoms. The van der Waals surface area contributed by atoms with Gasteiger partial charge >= 0.3 is 0 Å². The number of nitrogens with zero attached hydrogens (tertiary/aromatic N) is 3. The van der Waals surface area contributed by atoms with E-state index in [0.29, 0.717) is 30.6 Å². The summed E-state index contributed by atoms with van der Waals surface area (Å²) in [6.07, 6.45) is 3.26. The summed E-state index contributed by atoms with van der Waals surface area (Å²) in [5, 5.41) is 10.2. The normalized spacial score (nSPS) is 11.4. The van der Waals surface area contributed by atoms with Gasteiger partial charge < -0.3 is 13.3 Å². The average Bonchev–Trinajstić information content (AvgIpc) is 3.37. The fraction of sp³-hybridized carbons (Fsp3) is 0.176. The highest BCUT2D eigenvalue weighted by Gasteiger charge is 2.16. The molecule has 0 fully saturated rings. The SMILES string of the molecule is c1coc(CN(Cc2nnc(-c3ccco3)o2)Cc2cccs2)c1. The van der Waals surface area contributed by atoms with Crippen LogP contribution in [0, 0.1) is 0 Å². The molecule has 4 rings (SSSR count). The van der Waals surface area contributed by atoms with E-state index in [1.54, 1.807) is 36.0 Å². The van der Waals surface area contributed by atoms with E-state index in [2.05, 4.69) is 26.5 Å². The Morgan fingerprint density at radius 2 is 1.83 bits per heavy atom. The third-order valence-electron chi connectivity index (χ3n) is 3.48. The molecule has 0 aliphatic heterocycles. The Bertz CT molecular complexity index is 815. The van der Waals surface area contributed by atoms with Crippen molar-refractivity contribution in [3.8, 4) is 11.7 Å². The van der Waals surface area contributed by atoms with Crippen molar-refractivity contribution in [2.75, 3.05) is 0 Å². The molecular formula is C17H15N3O3S. The van der Waals surface area contributed by atoms with Crippen LogP contribution in [0.25, 0.3) is 11.7 Å². The topological polar surface area (TPSA) is 68.4 Å². The number of rotatable bonds is 7. The minimum absolute atomic E-state index is 0.393. The Kier molecular flexibility index (Phi) is 4.26. The molecule has 4 aromatic heterocycles. The third kappa shape index (κ3) is 3.47. The van der Waals surface area contributed by atoms with Crippen molar-refractivity contribution in [1.29, 1.82) is 0 Å². The molecule has 122 valence electrons. The van der Waals surface area contributed by atoms with Crippen molar-refractivity contribution in [3.63, 3.8) is 0 Å². The molecule has 0 bridgehead atoms. The summed E-state index contributed by atoms with van der Waals surface area (Å²) in [7, 11) is 0. The lowest BCUT2D eigenvalue weighted by molar-refractivity contribution is 0.207. The summed E-state index contributed by atoms with van der Waals surface area (Å²) >= 11 is 1.72. The predicted molar refractivity (Wildman–Crippen MR) is 88.0 cm³/mol. The van der Waals surface area contributed by atoms with Crippen molar-refractivity contribution in [3.05, 3.63) is 70.8 Å². The first-order valence-electron chi connectivity index (χ1n) is 7.50. The Balaban J connectivity index is 1.50. The van der Waals surface area contributed by atoms with Gasteiger partial charge in [-0.1, -0.05) is 6.07 Å². The second-order valence-electron chi connectivity index (χ2n) is 5.28. The second-order valence-corrected chi connectivity index (χ2v) is 6.31. The molecule has 7 heteroatoms. The number of furan rings is 2. The monoisotopic (exact) mass is 341 g/mol. The van der Waals surface area contributed by atoms with Gasteiger partial charge in [-0.2, -0.15) is 0 Å². The summed E-state index contributed by atoms with van der Waals surface area (Å²) in [4.78, 5) is 3.47. The van der Waals surface area contributed by atoms with Crippen molar-refractivity contribution in [2.45, 2.75) is 19.6 Å².